The minimum absolute atomic E-state index is 0.121. The Labute approximate surface area is 104 Å². The van der Waals surface area contributed by atoms with E-state index in [1.54, 1.807) is 0 Å². The summed E-state index contributed by atoms with van der Waals surface area (Å²) in [6.07, 6.45) is 8.55. The molecular formula is C14H24N2O. The Hall–Kier alpha value is -0.570. The summed E-state index contributed by atoms with van der Waals surface area (Å²) in [7, 11) is 0. The first-order chi connectivity index (χ1) is 8.15. The zero-order valence-electron chi connectivity index (χ0n) is 11.1. The van der Waals surface area contributed by atoms with E-state index in [1.807, 2.05) is 0 Å². The number of nitrogens with zero attached hydrogens (tertiary/aromatic N) is 1. The minimum Gasteiger partial charge on any atom is -0.325 e. The van der Waals surface area contributed by atoms with Gasteiger partial charge in [-0.05, 0) is 43.9 Å². The fourth-order valence-electron chi connectivity index (χ4n) is 3.20. The number of rotatable bonds is 5. The van der Waals surface area contributed by atoms with Gasteiger partial charge < -0.3 is 4.90 Å². The molecule has 0 bridgehead atoms. The lowest BCUT2D eigenvalue weighted by Gasteiger charge is -2.28. The molecule has 1 saturated heterocycles. The van der Waals surface area contributed by atoms with Crippen molar-refractivity contribution >= 4 is 5.91 Å². The van der Waals surface area contributed by atoms with Gasteiger partial charge in [0.05, 0.1) is 11.7 Å². The van der Waals surface area contributed by atoms with Gasteiger partial charge in [0, 0.05) is 6.54 Å². The molecule has 1 spiro atoms. The van der Waals surface area contributed by atoms with Crippen molar-refractivity contribution in [1.82, 2.24) is 10.2 Å². The van der Waals surface area contributed by atoms with Crippen LogP contribution >= 0.6 is 0 Å². The second-order valence-corrected chi connectivity index (χ2v) is 6.32. The molecule has 1 heterocycles. The molecule has 1 aliphatic heterocycles. The topological polar surface area (TPSA) is 32.3 Å². The predicted molar refractivity (Wildman–Crippen MR) is 67.5 cm³/mol. The van der Waals surface area contributed by atoms with Gasteiger partial charge in [0.15, 0.2) is 0 Å². The van der Waals surface area contributed by atoms with Gasteiger partial charge in [-0.15, -0.1) is 0 Å². The van der Waals surface area contributed by atoms with Crippen molar-refractivity contribution in [2.45, 2.75) is 70.5 Å². The maximum absolute atomic E-state index is 12.5. The van der Waals surface area contributed by atoms with Crippen LogP contribution in [-0.2, 0) is 4.79 Å². The van der Waals surface area contributed by atoms with E-state index in [-0.39, 0.29) is 5.54 Å². The summed E-state index contributed by atoms with van der Waals surface area (Å²) in [6.45, 7) is 5.47. The highest BCUT2D eigenvalue weighted by molar-refractivity contribution is 5.91. The van der Waals surface area contributed by atoms with Crippen molar-refractivity contribution in [3.8, 4) is 0 Å². The second-order valence-electron chi connectivity index (χ2n) is 6.32. The first-order valence-electron chi connectivity index (χ1n) is 7.23. The molecular weight excluding hydrogens is 212 g/mol. The monoisotopic (exact) mass is 236 g/mol. The maximum atomic E-state index is 12.5. The van der Waals surface area contributed by atoms with Crippen LogP contribution in [0.2, 0.25) is 0 Å². The highest BCUT2D eigenvalue weighted by atomic mass is 16.2. The van der Waals surface area contributed by atoms with Crippen molar-refractivity contribution in [3.63, 3.8) is 0 Å². The molecule has 1 N–H and O–H groups in total. The zero-order chi connectivity index (χ0) is 12.1. The maximum Gasteiger partial charge on any atom is 0.244 e. The van der Waals surface area contributed by atoms with E-state index in [4.69, 9.17) is 0 Å². The lowest BCUT2D eigenvalue weighted by atomic mass is 10.0. The summed E-state index contributed by atoms with van der Waals surface area (Å²) >= 11 is 0. The molecule has 0 aromatic rings. The summed E-state index contributed by atoms with van der Waals surface area (Å²) in [5.41, 5.74) is 0.355. The molecule has 2 aliphatic carbocycles. The standard InChI is InChI=1S/C14H24N2O/c1-3-5-11-15-14(8-9-14)12(17)16(11)10-13(4-2)6-7-13/h11,15H,3-10H2,1-2H3. The molecule has 0 aromatic carbocycles. The molecule has 3 aliphatic rings. The van der Waals surface area contributed by atoms with E-state index in [0.29, 0.717) is 17.5 Å². The Bertz CT molecular complexity index is 331. The molecule has 0 aromatic heterocycles. The van der Waals surface area contributed by atoms with E-state index in [0.717, 1.165) is 32.2 Å². The molecule has 3 heteroatoms. The average Bonchev–Trinajstić information content (AvgIpc) is 3.21. The van der Waals surface area contributed by atoms with Gasteiger partial charge >= 0.3 is 0 Å². The van der Waals surface area contributed by atoms with Crippen molar-refractivity contribution in [2.75, 3.05) is 6.54 Å². The molecule has 1 unspecified atom stereocenters. The van der Waals surface area contributed by atoms with Gasteiger partial charge in [0.2, 0.25) is 5.91 Å². The highest BCUT2D eigenvalue weighted by Gasteiger charge is 2.60. The molecule has 3 fully saturated rings. The Morgan fingerprint density at radius 2 is 2.00 bits per heavy atom. The van der Waals surface area contributed by atoms with Crippen molar-refractivity contribution in [2.24, 2.45) is 5.41 Å². The first kappa shape index (κ1) is 11.5. The van der Waals surface area contributed by atoms with Gasteiger partial charge in [0.25, 0.3) is 0 Å². The third-order valence-electron chi connectivity index (χ3n) is 5.01. The van der Waals surface area contributed by atoms with Crippen molar-refractivity contribution < 1.29 is 4.79 Å². The van der Waals surface area contributed by atoms with Crippen LogP contribution in [-0.4, -0.2) is 29.1 Å². The van der Waals surface area contributed by atoms with Crippen molar-refractivity contribution in [1.29, 1.82) is 0 Å². The van der Waals surface area contributed by atoms with E-state index >= 15 is 0 Å². The van der Waals surface area contributed by atoms with Gasteiger partial charge in [-0.1, -0.05) is 20.3 Å². The normalized spacial score (nSPS) is 32.2. The number of hydrogen-bond acceptors (Lipinski definition) is 2. The summed E-state index contributed by atoms with van der Waals surface area (Å²) in [4.78, 5) is 14.6. The highest BCUT2D eigenvalue weighted by Crippen LogP contribution is 2.51. The Morgan fingerprint density at radius 1 is 1.29 bits per heavy atom. The smallest absolute Gasteiger partial charge is 0.244 e. The molecule has 3 nitrogen and oxygen atoms in total. The van der Waals surface area contributed by atoms with Crippen LogP contribution in [0.25, 0.3) is 0 Å². The van der Waals surface area contributed by atoms with Crippen LogP contribution in [0.5, 0.6) is 0 Å². The Kier molecular flexibility index (Phi) is 2.51. The van der Waals surface area contributed by atoms with Crippen LogP contribution in [0.3, 0.4) is 0 Å². The summed E-state index contributed by atoms with van der Waals surface area (Å²) in [5.74, 6) is 0.399. The summed E-state index contributed by atoms with van der Waals surface area (Å²) < 4.78 is 0. The molecule has 96 valence electrons. The average molecular weight is 236 g/mol. The summed E-state index contributed by atoms with van der Waals surface area (Å²) in [6, 6.07) is 0. The molecule has 0 radical (unpaired) electrons. The number of carbonyl (C=O) groups excluding carboxylic acids is 1. The van der Waals surface area contributed by atoms with Gasteiger partial charge in [-0.25, -0.2) is 0 Å². The van der Waals surface area contributed by atoms with Crippen molar-refractivity contribution in [3.05, 3.63) is 0 Å². The molecule has 1 atom stereocenters. The van der Waals surface area contributed by atoms with E-state index in [1.165, 1.54) is 19.3 Å². The minimum atomic E-state index is -0.121. The van der Waals surface area contributed by atoms with Gasteiger partial charge in [0.1, 0.15) is 0 Å². The van der Waals surface area contributed by atoms with E-state index in [2.05, 4.69) is 24.1 Å². The van der Waals surface area contributed by atoms with Gasteiger partial charge in [-0.2, -0.15) is 0 Å². The molecule has 3 rings (SSSR count). The zero-order valence-corrected chi connectivity index (χ0v) is 11.1. The molecule has 17 heavy (non-hydrogen) atoms. The predicted octanol–water partition coefficient (Wildman–Crippen LogP) is 2.27. The van der Waals surface area contributed by atoms with E-state index in [9.17, 15) is 4.79 Å². The van der Waals surface area contributed by atoms with Crippen LogP contribution in [0.4, 0.5) is 0 Å². The van der Waals surface area contributed by atoms with Crippen LogP contribution in [0.1, 0.15) is 58.8 Å². The number of amides is 1. The Balaban J connectivity index is 1.73. The van der Waals surface area contributed by atoms with Crippen LogP contribution < -0.4 is 5.32 Å². The van der Waals surface area contributed by atoms with Crippen LogP contribution in [0.15, 0.2) is 0 Å². The van der Waals surface area contributed by atoms with E-state index < -0.39 is 0 Å². The lowest BCUT2D eigenvalue weighted by molar-refractivity contribution is -0.131. The number of hydrogen-bond donors (Lipinski definition) is 1. The fourth-order valence-corrected chi connectivity index (χ4v) is 3.20. The largest absolute Gasteiger partial charge is 0.325 e. The summed E-state index contributed by atoms with van der Waals surface area (Å²) in [5, 5.41) is 3.59. The quantitative estimate of drug-likeness (QED) is 0.794. The fraction of sp³-hybridized carbons (Fsp3) is 0.929. The first-order valence-corrected chi connectivity index (χ1v) is 7.23. The third kappa shape index (κ3) is 1.79. The lowest BCUT2D eigenvalue weighted by Crippen LogP contribution is -2.40. The van der Waals surface area contributed by atoms with Gasteiger partial charge in [-0.3, -0.25) is 10.1 Å². The molecule has 2 saturated carbocycles. The Morgan fingerprint density at radius 3 is 2.47 bits per heavy atom. The molecule has 1 amide bonds. The number of nitrogens with one attached hydrogen (secondary N) is 1. The second kappa shape index (κ2) is 3.71. The SMILES string of the molecule is CCCC1NC2(CC2)C(=O)N1CC1(CC)CC1. The number of carbonyl (C=O) groups is 1. The van der Waals surface area contributed by atoms with Crippen LogP contribution in [0, 0.1) is 5.41 Å². The third-order valence-corrected chi connectivity index (χ3v) is 5.01.